The van der Waals surface area contributed by atoms with Crippen molar-refractivity contribution in [3.05, 3.63) is 53.5 Å². The maximum Gasteiger partial charge on any atom is 0.274 e. The lowest BCUT2D eigenvalue weighted by Gasteiger charge is -2.30. The van der Waals surface area contributed by atoms with Crippen LogP contribution in [0.25, 0.3) is 11.3 Å². The first-order chi connectivity index (χ1) is 16.4. The Bertz CT molecular complexity index is 1240. The highest BCUT2D eigenvalue weighted by Gasteiger charge is 2.37. The summed E-state index contributed by atoms with van der Waals surface area (Å²) in [5, 5.41) is 14.4. The Morgan fingerprint density at radius 2 is 1.82 bits per heavy atom. The van der Waals surface area contributed by atoms with E-state index in [1.807, 2.05) is 37.3 Å². The van der Waals surface area contributed by atoms with Crippen LogP contribution in [-0.2, 0) is 11.3 Å². The number of aromatic nitrogens is 4. The molecular weight excluding hydrogens is 432 g/mol. The first kappa shape index (κ1) is 22.1. The Labute approximate surface area is 197 Å². The highest BCUT2D eigenvalue weighted by molar-refractivity contribution is 6.06. The Balaban J connectivity index is 1.33. The smallest absolute Gasteiger partial charge is 0.274 e. The minimum absolute atomic E-state index is 0.0162. The maximum atomic E-state index is 13.4. The number of hydrogen-bond donors (Lipinski definition) is 2. The number of aryl methyl sites for hydroxylation is 1. The molecule has 1 aliphatic carbocycles. The summed E-state index contributed by atoms with van der Waals surface area (Å²) in [5.74, 6) is -1.24. The zero-order chi connectivity index (χ0) is 23.8. The molecule has 2 aliphatic rings. The third-order valence-electron chi connectivity index (χ3n) is 6.90. The van der Waals surface area contributed by atoms with Gasteiger partial charge in [-0.25, -0.2) is 0 Å². The van der Waals surface area contributed by atoms with E-state index in [2.05, 4.69) is 20.6 Å². The number of benzene rings is 1. The van der Waals surface area contributed by atoms with Crippen LogP contribution in [-0.4, -0.2) is 56.1 Å². The summed E-state index contributed by atoms with van der Waals surface area (Å²) in [6.07, 6.45) is 4.65. The van der Waals surface area contributed by atoms with E-state index in [0.717, 1.165) is 29.8 Å². The first-order valence-electron chi connectivity index (χ1n) is 11.7. The molecule has 2 unspecified atom stereocenters. The highest BCUT2D eigenvalue weighted by atomic mass is 16.2. The molecule has 2 N–H and O–H groups in total. The number of rotatable bonds is 5. The van der Waals surface area contributed by atoms with Gasteiger partial charge in [-0.3, -0.25) is 24.2 Å². The van der Waals surface area contributed by atoms with E-state index in [-0.39, 0.29) is 17.6 Å². The average molecular weight is 461 g/mol. The van der Waals surface area contributed by atoms with Gasteiger partial charge in [0, 0.05) is 42.2 Å². The van der Waals surface area contributed by atoms with Crippen molar-refractivity contribution in [3.8, 4) is 11.3 Å². The Morgan fingerprint density at radius 1 is 1.09 bits per heavy atom. The number of anilines is 1. The normalized spacial score (nSPS) is 20.2. The number of carbonyl (C=O) groups excluding carboxylic acids is 3. The topological polar surface area (TPSA) is 113 Å². The summed E-state index contributed by atoms with van der Waals surface area (Å²) in [4.78, 5) is 40.9. The van der Waals surface area contributed by atoms with Gasteiger partial charge in [0.1, 0.15) is 5.69 Å². The molecule has 3 aromatic rings. The van der Waals surface area contributed by atoms with Crippen molar-refractivity contribution < 1.29 is 14.4 Å². The number of amides is 2. The fourth-order valence-corrected chi connectivity index (χ4v) is 4.97. The van der Waals surface area contributed by atoms with Crippen molar-refractivity contribution in [2.24, 2.45) is 11.8 Å². The van der Waals surface area contributed by atoms with Gasteiger partial charge in [0.25, 0.3) is 5.91 Å². The molecule has 2 aromatic heterocycles. The lowest BCUT2D eigenvalue weighted by Crippen LogP contribution is -2.39. The zero-order valence-corrected chi connectivity index (χ0v) is 19.4. The van der Waals surface area contributed by atoms with E-state index < -0.39 is 11.8 Å². The van der Waals surface area contributed by atoms with Crippen molar-refractivity contribution >= 4 is 23.3 Å². The lowest BCUT2D eigenvalue weighted by molar-refractivity contribution is -0.122. The predicted octanol–water partition coefficient (Wildman–Crippen LogP) is 3.30. The van der Waals surface area contributed by atoms with E-state index in [0.29, 0.717) is 42.9 Å². The number of Topliss-reactive ketones (excluding diaryl/α,β-unsaturated/α-hetero) is 1. The molecule has 1 aliphatic heterocycles. The number of likely N-dealkylation sites (N-methyl/N-ethyl adjacent to an activating group) is 1. The summed E-state index contributed by atoms with van der Waals surface area (Å²) >= 11 is 0. The van der Waals surface area contributed by atoms with Gasteiger partial charge in [-0.1, -0.05) is 37.1 Å². The van der Waals surface area contributed by atoms with Crippen LogP contribution in [0.1, 0.15) is 52.2 Å². The second kappa shape index (κ2) is 8.89. The lowest BCUT2D eigenvalue weighted by atomic mass is 9.75. The van der Waals surface area contributed by atoms with Crippen LogP contribution in [0.15, 0.2) is 36.5 Å². The van der Waals surface area contributed by atoms with E-state index in [9.17, 15) is 14.4 Å². The van der Waals surface area contributed by atoms with E-state index in [4.69, 9.17) is 0 Å². The van der Waals surface area contributed by atoms with Crippen LogP contribution >= 0.6 is 0 Å². The Kier molecular flexibility index (Phi) is 5.77. The number of fused-ring (bicyclic) bond motifs is 1. The van der Waals surface area contributed by atoms with Gasteiger partial charge < -0.3 is 10.2 Å². The maximum absolute atomic E-state index is 13.4. The largest absolute Gasteiger partial charge is 0.338 e. The van der Waals surface area contributed by atoms with Crippen LogP contribution in [0.5, 0.6) is 0 Å². The summed E-state index contributed by atoms with van der Waals surface area (Å²) in [7, 11) is 1.73. The summed E-state index contributed by atoms with van der Waals surface area (Å²) < 4.78 is 1.63. The zero-order valence-electron chi connectivity index (χ0n) is 19.4. The number of H-pyrrole nitrogens is 1. The van der Waals surface area contributed by atoms with Gasteiger partial charge in [0.2, 0.25) is 5.91 Å². The number of nitrogens with one attached hydrogen (secondary N) is 2. The average Bonchev–Trinajstić information content (AvgIpc) is 3.47. The molecule has 9 heteroatoms. The molecule has 176 valence electrons. The number of ketones is 1. The second-order valence-corrected chi connectivity index (χ2v) is 9.22. The monoisotopic (exact) mass is 460 g/mol. The molecule has 0 spiro atoms. The number of nitrogens with zero attached hydrogens (tertiary/aromatic N) is 4. The molecule has 0 bridgehead atoms. The fourth-order valence-electron chi connectivity index (χ4n) is 4.97. The third-order valence-corrected chi connectivity index (χ3v) is 6.90. The second-order valence-electron chi connectivity index (χ2n) is 9.22. The molecule has 5 rings (SSSR count). The van der Waals surface area contributed by atoms with Crippen molar-refractivity contribution in [3.63, 3.8) is 0 Å². The first-order valence-corrected chi connectivity index (χ1v) is 11.7. The Hall–Kier alpha value is -3.75. The number of hydrogen-bond acceptors (Lipinski definition) is 5. The van der Waals surface area contributed by atoms with Crippen LogP contribution in [0.2, 0.25) is 0 Å². The molecule has 2 atom stereocenters. The van der Waals surface area contributed by atoms with Crippen molar-refractivity contribution in [2.75, 3.05) is 18.9 Å². The number of aromatic amines is 1. The molecule has 2 amide bonds. The van der Waals surface area contributed by atoms with Crippen molar-refractivity contribution in [2.45, 2.75) is 39.2 Å². The van der Waals surface area contributed by atoms with Gasteiger partial charge in [-0.05, 0) is 25.8 Å². The summed E-state index contributed by atoms with van der Waals surface area (Å²) in [6, 6.07) is 9.36. The molecule has 34 heavy (non-hydrogen) atoms. The van der Waals surface area contributed by atoms with E-state index >= 15 is 0 Å². The van der Waals surface area contributed by atoms with Gasteiger partial charge >= 0.3 is 0 Å². The van der Waals surface area contributed by atoms with Crippen LogP contribution in [0.4, 0.5) is 5.69 Å². The summed E-state index contributed by atoms with van der Waals surface area (Å²) in [6.45, 7) is 3.11. The Morgan fingerprint density at radius 3 is 2.53 bits per heavy atom. The molecule has 9 nitrogen and oxygen atoms in total. The molecule has 1 saturated carbocycles. The SMILES string of the molecule is Cc1cc(-c2ccc(C(=O)C3CCCCC3C(=O)Nc3cnn4c3C(=O)N(C)CC4)cc2)n[nH]1. The molecule has 0 saturated heterocycles. The minimum atomic E-state index is -0.443. The van der Waals surface area contributed by atoms with Gasteiger partial charge in [0.05, 0.1) is 24.1 Å². The molecule has 0 radical (unpaired) electrons. The molecule has 1 fully saturated rings. The third kappa shape index (κ3) is 4.02. The van der Waals surface area contributed by atoms with Gasteiger partial charge in [-0.15, -0.1) is 0 Å². The molecular formula is C25H28N6O3. The van der Waals surface area contributed by atoms with E-state index in [1.54, 1.807) is 16.6 Å². The summed E-state index contributed by atoms with van der Waals surface area (Å²) in [5.41, 5.74) is 4.14. The standard InChI is InChI=1S/C25H28N6O3/c1-15-13-20(29-28-15)16-7-9-17(10-8-16)23(32)18-5-3-4-6-19(18)24(33)27-21-14-26-31-12-11-30(2)25(34)22(21)31/h7-10,13-14,18-19H,3-6,11-12H2,1-2H3,(H,27,33)(H,28,29). The molecule has 3 heterocycles. The predicted molar refractivity (Wildman–Crippen MR) is 126 cm³/mol. The molecule has 1 aromatic carbocycles. The van der Waals surface area contributed by atoms with Crippen molar-refractivity contribution in [1.82, 2.24) is 24.9 Å². The van der Waals surface area contributed by atoms with Crippen LogP contribution in [0.3, 0.4) is 0 Å². The van der Waals surface area contributed by atoms with Crippen LogP contribution in [0, 0.1) is 18.8 Å². The van der Waals surface area contributed by atoms with E-state index in [1.165, 1.54) is 6.20 Å². The van der Waals surface area contributed by atoms with Crippen molar-refractivity contribution in [1.29, 1.82) is 0 Å². The minimum Gasteiger partial charge on any atom is -0.338 e. The fraction of sp³-hybridized carbons (Fsp3) is 0.400. The van der Waals surface area contributed by atoms with Crippen LogP contribution < -0.4 is 5.32 Å². The van der Waals surface area contributed by atoms with Gasteiger partial charge in [0.15, 0.2) is 5.78 Å². The highest BCUT2D eigenvalue weighted by Crippen LogP contribution is 2.34. The quantitative estimate of drug-likeness (QED) is 0.567. The van der Waals surface area contributed by atoms with Gasteiger partial charge in [-0.2, -0.15) is 10.2 Å². The number of carbonyl (C=O) groups is 3.